The highest BCUT2D eigenvalue weighted by atomic mass is 16.5. The van der Waals surface area contributed by atoms with Gasteiger partial charge in [0.15, 0.2) is 0 Å². The van der Waals surface area contributed by atoms with Gasteiger partial charge in [0.25, 0.3) is 0 Å². The number of fused-ring (bicyclic) bond motifs is 3. The van der Waals surface area contributed by atoms with Crippen molar-refractivity contribution in [1.82, 2.24) is 9.55 Å². The smallest absolute Gasteiger partial charge is 0.145 e. The van der Waals surface area contributed by atoms with Crippen molar-refractivity contribution in [2.75, 3.05) is 4.90 Å². The summed E-state index contributed by atoms with van der Waals surface area (Å²) in [5.74, 6) is 3.72. The second-order valence-corrected chi connectivity index (χ2v) is 19.6. The van der Waals surface area contributed by atoms with Gasteiger partial charge < -0.3 is 9.64 Å². The minimum Gasteiger partial charge on any atom is -0.457 e. The summed E-state index contributed by atoms with van der Waals surface area (Å²) in [5.41, 5.74) is 11.5. The quantitative estimate of drug-likeness (QED) is 0.146. The van der Waals surface area contributed by atoms with Crippen LogP contribution in [0.15, 0.2) is 126 Å². The van der Waals surface area contributed by atoms with E-state index in [1.165, 1.54) is 33.3 Å². The van der Waals surface area contributed by atoms with Crippen molar-refractivity contribution in [3.05, 3.63) is 149 Å². The molecular formula is C55H62N4O. The molecule has 308 valence electrons. The van der Waals surface area contributed by atoms with Gasteiger partial charge >= 0.3 is 0 Å². The van der Waals surface area contributed by atoms with Crippen molar-refractivity contribution < 1.29 is 4.74 Å². The minimum atomic E-state index is -0.395. The van der Waals surface area contributed by atoms with Gasteiger partial charge in [-0.05, 0) is 147 Å². The van der Waals surface area contributed by atoms with Crippen LogP contribution >= 0.6 is 0 Å². The molecule has 1 atom stereocenters. The summed E-state index contributed by atoms with van der Waals surface area (Å²) in [5, 5.41) is 2.33. The number of rotatable bonds is 9. The fourth-order valence-corrected chi connectivity index (χ4v) is 10.3. The maximum absolute atomic E-state index is 7.17. The van der Waals surface area contributed by atoms with Crippen molar-refractivity contribution in [3.63, 3.8) is 0 Å². The second-order valence-electron chi connectivity index (χ2n) is 19.6. The first-order chi connectivity index (χ1) is 28.4. The number of aromatic nitrogens is 2. The number of anilines is 1. The summed E-state index contributed by atoms with van der Waals surface area (Å²) in [6.45, 7) is 30.0. The molecule has 7 aromatic rings. The van der Waals surface area contributed by atoms with Crippen LogP contribution in [0.1, 0.15) is 97.1 Å². The van der Waals surface area contributed by atoms with Gasteiger partial charge in [-0.1, -0.05) is 109 Å². The first kappa shape index (κ1) is 41.1. The van der Waals surface area contributed by atoms with E-state index in [4.69, 9.17) is 14.7 Å². The molecule has 5 nitrogen and oxygen atoms in total. The molecule has 0 fully saturated rings. The molecule has 0 spiro atoms. The van der Waals surface area contributed by atoms with Crippen LogP contribution in [-0.2, 0) is 5.41 Å². The van der Waals surface area contributed by atoms with Crippen LogP contribution in [0.2, 0.25) is 0 Å². The Labute approximate surface area is 358 Å². The number of benzene rings is 5. The third kappa shape index (κ3) is 7.00. The zero-order valence-electron chi connectivity index (χ0n) is 38.0. The van der Waals surface area contributed by atoms with E-state index >= 15 is 0 Å². The van der Waals surface area contributed by atoms with Gasteiger partial charge in [0.05, 0.1) is 22.3 Å². The molecule has 0 amide bonds. The lowest BCUT2D eigenvalue weighted by atomic mass is 9.64. The average Bonchev–Trinajstić information content (AvgIpc) is 3.61. The number of aryl methyl sites for hydroxylation is 3. The highest BCUT2D eigenvalue weighted by molar-refractivity contribution is 6.14. The normalized spacial score (nSPS) is 16.8. The Hall–Kier alpha value is -5.68. The third-order valence-corrected chi connectivity index (χ3v) is 13.3. The van der Waals surface area contributed by atoms with Gasteiger partial charge in [-0.25, -0.2) is 4.98 Å². The Morgan fingerprint density at radius 1 is 0.633 bits per heavy atom. The maximum Gasteiger partial charge on any atom is 0.145 e. The van der Waals surface area contributed by atoms with E-state index in [1.807, 2.05) is 12.3 Å². The van der Waals surface area contributed by atoms with Crippen molar-refractivity contribution >= 4 is 33.5 Å². The number of pyridine rings is 1. The van der Waals surface area contributed by atoms with Gasteiger partial charge in [-0.15, -0.1) is 0 Å². The van der Waals surface area contributed by atoms with Crippen molar-refractivity contribution in [2.45, 2.75) is 107 Å². The molecule has 0 N–H and O–H groups in total. The van der Waals surface area contributed by atoms with Crippen LogP contribution in [-0.4, -0.2) is 26.5 Å². The third-order valence-electron chi connectivity index (χ3n) is 13.3. The van der Waals surface area contributed by atoms with E-state index in [0.717, 1.165) is 56.3 Å². The number of nitrogens with zero attached hydrogens (tertiary/aromatic N) is 4. The average molecular weight is 795 g/mol. The predicted molar refractivity (Wildman–Crippen MR) is 255 cm³/mol. The predicted octanol–water partition coefficient (Wildman–Crippen LogP) is 14.6. The lowest BCUT2D eigenvalue weighted by Gasteiger charge is -2.50. The topological polar surface area (TPSA) is 42.6 Å². The molecule has 5 aromatic carbocycles. The van der Waals surface area contributed by atoms with Crippen LogP contribution in [0, 0.1) is 38.5 Å². The van der Waals surface area contributed by atoms with Crippen LogP contribution in [0.3, 0.4) is 0 Å². The molecule has 0 saturated heterocycles. The summed E-state index contributed by atoms with van der Waals surface area (Å²) >= 11 is 0. The SMILES string of the molecule is Cc1ccc2c(c1)c1cccnc1n2-c1cc(Oc2cc(C3=N[C@](C)(C(C(C)C)C(C)C)C(C)(C)N3c3c(C)cccc3C)cc(-c3ccccc3)c2)cc(C(C)(C)C)c1. The number of amidine groups is 1. The van der Waals surface area contributed by atoms with Crippen molar-refractivity contribution in [1.29, 1.82) is 0 Å². The molecule has 0 saturated carbocycles. The van der Waals surface area contributed by atoms with E-state index in [-0.39, 0.29) is 11.0 Å². The maximum atomic E-state index is 7.17. The molecule has 2 aromatic heterocycles. The van der Waals surface area contributed by atoms with E-state index in [0.29, 0.717) is 17.8 Å². The zero-order valence-corrected chi connectivity index (χ0v) is 38.0. The number of hydrogen-bond donors (Lipinski definition) is 0. The Bertz CT molecular complexity index is 2740. The summed E-state index contributed by atoms with van der Waals surface area (Å²) in [7, 11) is 0. The van der Waals surface area contributed by atoms with Gasteiger partial charge in [-0.2, -0.15) is 0 Å². The Balaban J connectivity index is 1.35. The Kier molecular flexibility index (Phi) is 10.3. The van der Waals surface area contributed by atoms with Crippen LogP contribution in [0.25, 0.3) is 38.8 Å². The van der Waals surface area contributed by atoms with Crippen LogP contribution in [0.5, 0.6) is 11.5 Å². The zero-order chi connectivity index (χ0) is 42.9. The molecule has 60 heavy (non-hydrogen) atoms. The van der Waals surface area contributed by atoms with E-state index in [1.54, 1.807) is 0 Å². The van der Waals surface area contributed by atoms with E-state index < -0.39 is 5.54 Å². The van der Waals surface area contributed by atoms with Crippen LogP contribution in [0.4, 0.5) is 5.69 Å². The van der Waals surface area contributed by atoms with Gasteiger partial charge in [-0.3, -0.25) is 9.56 Å². The van der Waals surface area contributed by atoms with Gasteiger partial charge in [0, 0.05) is 34.3 Å². The summed E-state index contributed by atoms with van der Waals surface area (Å²) in [6.07, 6.45) is 1.89. The molecule has 0 radical (unpaired) electrons. The number of hydrogen-bond acceptors (Lipinski definition) is 4. The fourth-order valence-electron chi connectivity index (χ4n) is 10.3. The van der Waals surface area contributed by atoms with Crippen molar-refractivity contribution in [3.8, 4) is 28.3 Å². The molecule has 3 heterocycles. The van der Waals surface area contributed by atoms with E-state index in [2.05, 4.69) is 209 Å². The molecular weight excluding hydrogens is 733 g/mol. The summed E-state index contributed by atoms with van der Waals surface area (Å²) in [4.78, 5) is 13.4. The Morgan fingerprint density at radius 2 is 1.30 bits per heavy atom. The lowest BCUT2D eigenvalue weighted by Crippen LogP contribution is -2.60. The molecule has 8 rings (SSSR count). The standard InChI is InChI=1S/C55H62N4O/c1-34(2)49(35(3)4)55(13)54(11,12)59(50-37(6)19-17-20-38(50)7)51(57-55)41-28-40(39-21-15-14-16-22-39)29-44(30-41)60-45-32-42(53(8,9)10)31-43(33-45)58-48-25-24-36(5)27-47(48)46-23-18-26-56-52(46)58/h14-35,49H,1-13H3/t55-/m1/s1. The largest absolute Gasteiger partial charge is 0.457 e. The number of aliphatic imine (C=N–C) groups is 1. The first-order valence-electron chi connectivity index (χ1n) is 21.8. The molecule has 1 aliphatic rings. The second kappa shape index (κ2) is 15.1. The van der Waals surface area contributed by atoms with Gasteiger partial charge in [0.2, 0.25) is 0 Å². The first-order valence-corrected chi connectivity index (χ1v) is 21.8. The summed E-state index contributed by atoms with van der Waals surface area (Å²) < 4.78 is 9.46. The molecule has 1 aliphatic heterocycles. The van der Waals surface area contributed by atoms with E-state index in [9.17, 15) is 0 Å². The van der Waals surface area contributed by atoms with Crippen LogP contribution < -0.4 is 9.64 Å². The monoisotopic (exact) mass is 794 g/mol. The highest BCUT2D eigenvalue weighted by Crippen LogP contribution is 2.52. The number of ether oxygens (including phenoxy) is 1. The highest BCUT2D eigenvalue weighted by Gasteiger charge is 2.58. The molecule has 0 bridgehead atoms. The van der Waals surface area contributed by atoms with Gasteiger partial charge in [0.1, 0.15) is 23.0 Å². The summed E-state index contributed by atoms with van der Waals surface area (Å²) in [6, 6.07) is 41.5. The number of para-hydroxylation sites is 1. The minimum absolute atomic E-state index is 0.141. The molecule has 0 unspecified atom stereocenters. The fraction of sp³-hybridized carbons (Fsp3) is 0.345. The molecule has 0 aliphatic carbocycles. The van der Waals surface area contributed by atoms with Crippen molar-refractivity contribution in [2.24, 2.45) is 22.7 Å². The Morgan fingerprint density at radius 3 is 1.97 bits per heavy atom. The lowest BCUT2D eigenvalue weighted by molar-refractivity contribution is 0.116. The molecule has 5 heteroatoms.